The average Bonchev–Trinajstić information content (AvgIpc) is 3.68. The molecule has 2 aliphatic carbocycles. The molecule has 6 rings (SSSR count). The topological polar surface area (TPSA) is 86.9 Å². The van der Waals surface area contributed by atoms with Crippen LogP contribution in [0.15, 0.2) is 35.1 Å². The van der Waals surface area contributed by atoms with E-state index in [4.69, 9.17) is 4.42 Å². The van der Waals surface area contributed by atoms with E-state index in [1.165, 1.54) is 51.2 Å². The summed E-state index contributed by atoms with van der Waals surface area (Å²) >= 11 is 0. The molecule has 2 aromatic rings. The summed E-state index contributed by atoms with van der Waals surface area (Å²) in [6.07, 6.45) is 17.0. The minimum atomic E-state index is -0.178. The Labute approximate surface area is 220 Å². The van der Waals surface area contributed by atoms with Gasteiger partial charge >= 0.3 is 0 Å². The van der Waals surface area contributed by atoms with Crippen LogP contribution in [0.1, 0.15) is 93.0 Å². The minimum Gasteiger partial charge on any atom is -0.445 e. The number of nitrogens with zero attached hydrogens (tertiary/aromatic N) is 3. The van der Waals surface area contributed by atoms with Crippen LogP contribution in [-0.2, 0) is 11.3 Å². The van der Waals surface area contributed by atoms with Crippen molar-refractivity contribution in [2.24, 2.45) is 11.3 Å². The van der Waals surface area contributed by atoms with Gasteiger partial charge in [-0.25, -0.2) is 4.98 Å². The lowest BCUT2D eigenvalue weighted by molar-refractivity contribution is -0.139. The number of aromatic nitrogens is 1. The number of carbonyl (C=O) groups is 2. The third-order valence-electron chi connectivity index (χ3n) is 9.14. The largest absolute Gasteiger partial charge is 0.445 e. The molecule has 0 radical (unpaired) electrons. The van der Waals surface area contributed by atoms with Gasteiger partial charge in [0, 0.05) is 49.6 Å². The van der Waals surface area contributed by atoms with Crippen LogP contribution >= 0.6 is 0 Å². The lowest BCUT2D eigenvalue weighted by Crippen LogP contribution is -2.52. The Hall–Kier alpha value is -2.67. The molecule has 1 aromatic carbocycles. The van der Waals surface area contributed by atoms with E-state index in [-0.39, 0.29) is 17.4 Å². The summed E-state index contributed by atoms with van der Waals surface area (Å²) in [4.78, 5) is 32.2. The number of piperidine rings is 1. The standard InChI is InChI=1S/C18H31NO2.C12H10N2O2/c20-16-10-13-19(14-18(16)11-4-5-12-18)17(21)9-8-15-6-2-1-3-7-15;1-14-7-10-8(11-13-5-6-16-11)3-2-4-9(10)12(14)15/h15-16,20H,1-14H2;2-6H,7H2,1H3. The number of fused-ring (bicyclic) bond motifs is 1. The van der Waals surface area contributed by atoms with Crippen LogP contribution in [0.2, 0.25) is 0 Å². The summed E-state index contributed by atoms with van der Waals surface area (Å²) < 4.78 is 5.27. The highest BCUT2D eigenvalue weighted by Gasteiger charge is 2.45. The van der Waals surface area contributed by atoms with Crippen molar-refractivity contribution in [1.29, 1.82) is 0 Å². The van der Waals surface area contributed by atoms with Crippen molar-refractivity contribution in [2.75, 3.05) is 20.1 Å². The van der Waals surface area contributed by atoms with Crippen LogP contribution in [0.4, 0.5) is 0 Å². The number of aliphatic hydroxyl groups excluding tert-OH is 1. The van der Waals surface area contributed by atoms with Crippen molar-refractivity contribution in [3.8, 4) is 11.5 Å². The lowest BCUT2D eigenvalue weighted by Gasteiger charge is -2.44. The summed E-state index contributed by atoms with van der Waals surface area (Å²) in [6.45, 7) is 2.21. The smallest absolute Gasteiger partial charge is 0.254 e. The van der Waals surface area contributed by atoms with Crippen LogP contribution in [0.5, 0.6) is 0 Å². The fourth-order valence-electron chi connectivity index (χ4n) is 6.92. The summed E-state index contributed by atoms with van der Waals surface area (Å²) in [5, 5.41) is 10.4. The first-order valence-electron chi connectivity index (χ1n) is 14.2. The van der Waals surface area contributed by atoms with Gasteiger partial charge in [-0.05, 0) is 49.3 Å². The van der Waals surface area contributed by atoms with Gasteiger partial charge in [0.2, 0.25) is 11.8 Å². The number of carbonyl (C=O) groups excluding carboxylic acids is 2. The maximum atomic E-state index is 12.5. The van der Waals surface area contributed by atoms with E-state index in [1.807, 2.05) is 18.2 Å². The van der Waals surface area contributed by atoms with Gasteiger partial charge in [0.1, 0.15) is 6.26 Å². The third kappa shape index (κ3) is 5.62. The summed E-state index contributed by atoms with van der Waals surface area (Å²) in [5.74, 6) is 1.76. The fraction of sp³-hybridized carbons (Fsp3) is 0.633. The second-order valence-electron chi connectivity index (χ2n) is 11.6. The summed E-state index contributed by atoms with van der Waals surface area (Å²) in [5.41, 5.74) is 2.69. The number of amides is 2. The second-order valence-corrected chi connectivity index (χ2v) is 11.6. The van der Waals surface area contributed by atoms with Gasteiger partial charge in [-0.1, -0.05) is 51.0 Å². The molecule has 2 amide bonds. The molecule has 3 fully saturated rings. The van der Waals surface area contributed by atoms with Gasteiger partial charge < -0.3 is 19.3 Å². The van der Waals surface area contributed by atoms with E-state index < -0.39 is 0 Å². The predicted octanol–water partition coefficient (Wildman–Crippen LogP) is 5.43. The van der Waals surface area contributed by atoms with E-state index in [2.05, 4.69) is 9.88 Å². The molecule has 1 spiro atoms. The summed E-state index contributed by atoms with van der Waals surface area (Å²) in [7, 11) is 1.79. The lowest BCUT2D eigenvalue weighted by atomic mass is 9.76. The molecule has 7 heteroatoms. The van der Waals surface area contributed by atoms with Crippen molar-refractivity contribution >= 4 is 11.8 Å². The number of hydrogen-bond acceptors (Lipinski definition) is 5. The molecule has 200 valence electrons. The zero-order valence-corrected chi connectivity index (χ0v) is 22.2. The fourth-order valence-corrected chi connectivity index (χ4v) is 6.92. The Kier molecular flexibility index (Phi) is 7.98. The molecular weight excluding hydrogens is 466 g/mol. The zero-order valence-electron chi connectivity index (χ0n) is 22.2. The van der Waals surface area contributed by atoms with E-state index in [1.54, 1.807) is 18.1 Å². The minimum absolute atomic E-state index is 0.0404. The monoisotopic (exact) mass is 507 g/mol. The van der Waals surface area contributed by atoms with Crippen molar-refractivity contribution in [3.05, 3.63) is 41.8 Å². The van der Waals surface area contributed by atoms with Gasteiger partial charge in [0.15, 0.2) is 0 Å². The third-order valence-corrected chi connectivity index (χ3v) is 9.14. The van der Waals surface area contributed by atoms with Gasteiger partial charge in [-0.3, -0.25) is 9.59 Å². The molecule has 0 bridgehead atoms. The van der Waals surface area contributed by atoms with E-state index in [9.17, 15) is 14.7 Å². The highest BCUT2D eigenvalue weighted by molar-refractivity contribution is 6.00. The van der Waals surface area contributed by atoms with Crippen LogP contribution < -0.4 is 0 Å². The number of aliphatic hydroxyl groups is 1. The van der Waals surface area contributed by atoms with Crippen molar-refractivity contribution in [1.82, 2.24) is 14.8 Å². The molecule has 2 saturated carbocycles. The van der Waals surface area contributed by atoms with Gasteiger partial charge in [0.25, 0.3) is 5.91 Å². The molecule has 7 nitrogen and oxygen atoms in total. The van der Waals surface area contributed by atoms with Crippen LogP contribution in [0.25, 0.3) is 11.5 Å². The van der Waals surface area contributed by atoms with Crippen LogP contribution in [0, 0.1) is 11.3 Å². The maximum Gasteiger partial charge on any atom is 0.254 e. The van der Waals surface area contributed by atoms with Gasteiger partial charge in [-0.15, -0.1) is 0 Å². The zero-order chi connectivity index (χ0) is 25.8. The predicted molar refractivity (Wildman–Crippen MR) is 142 cm³/mol. The maximum absolute atomic E-state index is 12.5. The Bertz CT molecular complexity index is 1070. The average molecular weight is 508 g/mol. The molecular formula is C30H41N3O4. The highest BCUT2D eigenvalue weighted by atomic mass is 16.3. The molecule has 4 aliphatic rings. The molecule has 1 atom stereocenters. The van der Waals surface area contributed by atoms with Crippen molar-refractivity contribution in [3.63, 3.8) is 0 Å². The van der Waals surface area contributed by atoms with Gasteiger partial charge in [-0.2, -0.15) is 0 Å². The number of likely N-dealkylation sites (tertiary alicyclic amines) is 1. The van der Waals surface area contributed by atoms with Crippen LogP contribution in [0.3, 0.4) is 0 Å². The Balaban J connectivity index is 0.000000157. The molecule has 1 saturated heterocycles. The summed E-state index contributed by atoms with van der Waals surface area (Å²) in [6, 6.07) is 5.63. The van der Waals surface area contributed by atoms with Crippen molar-refractivity contribution in [2.45, 2.75) is 89.7 Å². The molecule has 2 aliphatic heterocycles. The first kappa shape index (κ1) is 26.0. The van der Waals surface area contributed by atoms with E-state index >= 15 is 0 Å². The molecule has 1 unspecified atom stereocenters. The first-order valence-corrected chi connectivity index (χ1v) is 14.2. The molecule has 1 aromatic heterocycles. The highest BCUT2D eigenvalue weighted by Crippen LogP contribution is 2.45. The van der Waals surface area contributed by atoms with Gasteiger partial charge in [0.05, 0.1) is 12.3 Å². The number of oxazole rings is 1. The number of rotatable bonds is 4. The van der Waals surface area contributed by atoms with Crippen molar-refractivity contribution < 1.29 is 19.1 Å². The van der Waals surface area contributed by atoms with E-state index in [0.29, 0.717) is 18.3 Å². The number of benzene rings is 1. The number of hydrogen-bond donors (Lipinski definition) is 1. The molecule has 37 heavy (non-hydrogen) atoms. The molecule has 1 N–H and O–H groups in total. The Morgan fingerprint density at radius 1 is 1.11 bits per heavy atom. The van der Waals surface area contributed by atoms with Crippen LogP contribution in [-0.4, -0.2) is 57.9 Å². The second kappa shape index (κ2) is 11.4. The SMILES string of the molecule is CN1Cc2c(cccc2-c2ncco2)C1=O.O=C(CCC1CCCCC1)N1CCC(O)C2(CCCC2)C1. The van der Waals surface area contributed by atoms with E-state index in [0.717, 1.165) is 67.8 Å². The Morgan fingerprint density at radius 3 is 2.59 bits per heavy atom. The Morgan fingerprint density at radius 2 is 1.86 bits per heavy atom. The quantitative estimate of drug-likeness (QED) is 0.596. The normalized spacial score (nSPS) is 23.2. The molecule has 3 heterocycles. The first-order chi connectivity index (χ1) is 18.0.